The fourth-order valence-electron chi connectivity index (χ4n) is 2.72. The maximum Gasteiger partial charge on any atom is 0.274 e. The van der Waals surface area contributed by atoms with Gasteiger partial charge in [0.25, 0.3) is 5.91 Å². The number of anilines is 1. The quantitative estimate of drug-likeness (QED) is 0.906. The fourth-order valence-corrected chi connectivity index (χ4v) is 3.19. The van der Waals surface area contributed by atoms with Crippen molar-refractivity contribution in [3.63, 3.8) is 0 Å². The summed E-state index contributed by atoms with van der Waals surface area (Å²) in [6.07, 6.45) is 1.95. The molecule has 4 nitrogen and oxygen atoms in total. The number of benzene rings is 1. The van der Waals surface area contributed by atoms with Crippen LogP contribution in [0.25, 0.3) is 0 Å². The Morgan fingerprint density at radius 1 is 1.38 bits per heavy atom. The molecule has 1 amide bonds. The third-order valence-electron chi connectivity index (χ3n) is 3.78. The van der Waals surface area contributed by atoms with Crippen LogP contribution in [0.4, 0.5) is 5.69 Å². The molecule has 1 aliphatic rings. The van der Waals surface area contributed by atoms with Crippen molar-refractivity contribution < 1.29 is 4.79 Å². The predicted molar refractivity (Wildman–Crippen MR) is 87.6 cm³/mol. The van der Waals surface area contributed by atoms with Gasteiger partial charge in [0, 0.05) is 42.5 Å². The van der Waals surface area contributed by atoms with Gasteiger partial charge in [-0.2, -0.15) is 0 Å². The zero-order valence-corrected chi connectivity index (χ0v) is 13.6. The van der Waals surface area contributed by atoms with E-state index in [1.807, 2.05) is 46.9 Å². The molecule has 21 heavy (non-hydrogen) atoms. The topological polar surface area (TPSA) is 37.3 Å². The number of nitrogens with one attached hydrogen (secondary N) is 1. The highest BCUT2D eigenvalue weighted by Gasteiger charge is 2.24. The number of rotatable bonds is 2. The average molecular weight is 348 g/mol. The normalized spacial score (nSPS) is 14.7. The number of nitrogens with zero attached hydrogens (tertiary/aromatic N) is 2. The molecule has 0 atom stereocenters. The molecule has 1 aromatic carbocycles. The van der Waals surface area contributed by atoms with E-state index < -0.39 is 0 Å². The van der Waals surface area contributed by atoms with Gasteiger partial charge in [-0.3, -0.25) is 4.79 Å². The van der Waals surface area contributed by atoms with Crippen LogP contribution in [0.2, 0.25) is 0 Å². The van der Waals surface area contributed by atoms with Crippen LogP contribution >= 0.6 is 15.9 Å². The number of carbonyl (C=O) groups excluding carboxylic acids is 1. The van der Waals surface area contributed by atoms with Crippen LogP contribution in [0.5, 0.6) is 0 Å². The fraction of sp³-hybridized carbons (Fsp3) is 0.312. The second-order valence-corrected chi connectivity index (χ2v) is 6.01. The van der Waals surface area contributed by atoms with Gasteiger partial charge >= 0.3 is 0 Å². The summed E-state index contributed by atoms with van der Waals surface area (Å²) in [6, 6.07) is 9.99. The Hall–Kier alpha value is -1.59. The van der Waals surface area contributed by atoms with E-state index in [0.29, 0.717) is 6.54 Å². The number of aryl methyl sites for hydroxylation is 1. The first-order valence-electron chi connectivity index (χ1n) is 7.17. The predicted octanol–water partition coefficient (Wildman–Crippen LogP) is 3.02. The number of para-hydroxylation sites is 1. The maximum atomic E-state index is 13.0. The minimum Gasteiger partial charge on any atom is -0.343 e. The lowest BCUT2D eigenvalue weighted by molar-refractivity contribution is 0.0979. The summed E-state index contributed by atoms with van der Waals surface area (Å²) >= 11 is 3.46. The molecule has 5 heteroatoms. The summed E-state index contributed by atoms with van der Waals surface area (Å²) in [6.45, 7) is 5.11. The molecule has 3 rings (SSSR count). The zero-order chi connectivity index (χ0) is 14.8. The Morgan fingerprint density at radius 2 is 2.19 bits per heavy atom. The Labute approximate surface area is 132 Å². The van der Waals surface area contributed by atoms with Crippen LogP contribution in [0.15, 0.2) is 41.0 Å². The number of hydrogen-bond donors (Lipinski definition) is 1. The second-order valence-electron chi connectivity index (χ2n) is 5.09. The number of halogens is 1. The highest BCUT2D eigenvalue weighted by atomic mass is 79.9. The molecule has 0 saturated heterocycles. The Bertz CT molecular complexity index is 665. The molecule has 0 spiro atoms. The third-order valence-corrected chi connectivity index (χ3v) is 4.21. The monoisotopic (exact) mass is 347 g/mol. The van der Waals surface area contributed by atoms with E-state index in [-0.39, 0.29) is 5.91 Å². The molecule has 1 aliphatic heterocycles. The van der Waals surface area contributed by atoms with Crippen LogP contribution in [0, 0.1) is 0 Å². The van der Waals surface area contributed by atoms with Gasteiger partial charge < -0.3 is 14.8 Å². The third kappa shape index (κ3) is 2.76. The van der Waals surface area contributed by atoms with Crippen LogP contribution in [0.3, 0.4) is 0 Å². The van der Waals surface area contributed by atoms with E-state index in [9.17, 15) is 4.79 Å². The Balaban J connectivity index is 2.01. The number of hydrogen-bond acceptors (Lipinski definition) is 2. The number of amides is 1. The van der Waals surface area contributed by atoms with Crippen molar-refractivity contribution in [2.75, 3.05) is 18.0 Å². The molecule has 1 aromatic heterocycles. The van der Waals surface area contributed by atoms with E-state index in [0.717, 1.165) is 41.1 Å². The molecule has 2 heterocycles. The van der Waals surface area contributed by atoms with Gasteiger partial charge in [-0.05, 0) is 40.5 Å². The van der Waals surface area contributed by atoms with E-state index >= 15 is 0 Å². The number of fused-ring (bicyclic) bond motifs is 1. The van der Waals surface area contributed by atoms with Crippen molar-refractivity contribution in [3.8, 4) is 0 Å². The molecule has 0 fully saturated rings. The molecule has 2 aromatic rings. The Kier molecular flexibility index (Phi) is 4.12. The highest BCUT2D eigenvalue weighted by molar-refractivity contribution is 9.10. The lowest BCUT2D eigenvalue weighted by Crippen LogP contribution is -2.35. The molecule has 0 aliphatic carbocycles. The highest BCUT2D eigenvalue weighted by Crippen LogP contribution is 2.25. The van der Waals surface area contributed by atoms with Gasteiger partial charge in [-0.1, -0.05) is 18.2 Å². The van der Waals surface area contributed by atoms with E-state index in [2.05, 4.69) is 27.3 Å². The van der Waals surface area contributed by atoms with Crippen molar-refractivity contribution in [3.05, 3.63) is 52.3 Å². The minimum absolute atomic E-state index is 0.0544. The van der Waals surface area contributed by atoms with Gasteiger partial charge in [0.2, 0.25) is 0 Å². The average Bonchev–Trinajstić information content (AvgIpc) is 2.75. The summed E-state index contributed by atoms with van der Waals surface area (Å²) in [5, 5.41) is 3.36. The van der Waals surface area contributed by atoms with Gasteiger partial charge in [0.1, 0.15) is 5.69 Å². The van der Waals surface area contributed by atoms with Gasteiger partial charge in [0.05, 0.1) is 0 Å². The lowest BCUT2D eigenvalue weighted by Gasteiger charge is -2.23. The van der Waals surface area contributed by atoms with E-state index in [4.69, 9.17) is 0 Å². The van der Waals surface area contributed by atoms with Crippen molar-refractivity contribution in [2.24, 2.45) is 0 Å². The standard InChI is InChI=1S/C16H18BrN3O/c1-2-19-11-13(17)9-15(19)16(21)20-8-7-18-10-12-5-3-4-6-14(12)20/h3-6,9,11,18H,2,7-8,10H2,1H3. The zero-order valence-electron chi connectivity index (χ0n) is 12.0. The SMILES string of the molecule is CCn1cc(Br)cc1C(=O)N1CCNCc2ccccc21. The first kappa shape index (κ1) is 14.4. The van der Waals surface area contributed by atoms with Crippen LogP contribution in [-0.4, -0.2) is 23.6 Å². The molecular formula is C16H18BrN3O. The van der Waals surface area contributed by atoms with Crippen molar-refractivity contribution >= 4 is 27.5 Å². The smallest absolute Gasteiger partial charge is 0.274 e. The first-order chi connectivity index (χ1) is 10.2. The summed E-state index contributed by atoms with van der Waals surface area (Å²) < 4.78 is 2.92. The maximum absolute atomic E-state index is 13.0. The summed E-state index contributed by atoms with van der Waals surface area (Å²) in [5.74, 6) is 0.0544. The van der Waals surface area contributed by atoms with Gasteiger partial charge in [-0.15, -0.1) is 0 Å². The molecule has 0 saturated carbocycles. The molecule has 0 unspecified atom stereocenters. The Morgan fingerprint density at radius 3 is 3.00 bits per heavy atom. The molecular weight excluding hydrogens is 330 g/mol. The van der Waals surface area contributed by atoms with E-state index in [1.165, 1.54) is 0 Å². The van der Waals surface area contributed by atoms with E-state index in [1.54, 1.807) is 0 Å². The van der Waals surface area contributed by atoms with Crippen molar-refractivity contribution in [1.29, 1.82) is 0 Å². The minimum atomic E-state index is 0.0544. The molecule has 0 radical (unpaired) electrons. The summed E-state index contributed by atoms with van der Waals surface area (Å²) in [5.41, 5.74) is 2.89. The van der Waals surface area contributed by atoms with Crippen molar-refractivity contribution in [1.82, 2.24) is 9.88 Å². The number of carbonyl (C=O) groups is 1. The number of aromatic nitrogens is 1. The summed E-state index contributed by atoms with van der Waals surface area (Å²) in [4.78, 5) is 14.8. The molecule has 0 bridgehead atoms. The van der Waals surface area contributed by atoms with Crippen LogP contribution in [-0.2, 0) is 13.1 Å². The largest absolute Gasteiger partial charge is 0.343 e. The second kappa shape index (κ2) is 6.03. The van der Waals surface area contributed by atoms with Crippen LogP contribution in [0.1, 0.15) is 23.0 Å². The van der Waals surface area contributed by atoms with Crippen LogP contribution < -0.4 is 10.2 Å². The molecule has 1 N–H and O–H groups in total. The van der Waals surface area contributed by atoms with Gasteiger partial charge in [0.15, 0.2) is 0 Å². The summed E-state index contributed by atoms with van der Waals surface area (Å²) in [7, 11) is 0. The van der Waals surface area contributed by atoms with Gasteiger partial charge in [-0.25, -0.2) is 0 Å². The molecule has 110 valence electrons. The van der Waals surface area contributed by atoms with Crippen molar-refractivity contribution in [2.45, 2.75) is 20.0 Å². The first-order valence-corrected chi connectivity index (χ1v) is 7.96. The lowest BCUT2D eigenvalue weighted by atomic mass is 10.1.